The quantitative estimate of drug-likeness (QED) is 0.650. The smallest absolute Gasteiger partial charge is 0.292 e. The maximum absolute atomic E-state index is 12.8. The van der Waals surface area contributed by atoms with E-state index in [-0.39, 0.29) is 24.3 Å². The summed E-state index contributed by atoms with van der Waals surface area (Å²) in [5.74, 6) is 0.196. The molecule has 0 aliphatic carbocycles. The van der Waals surface area contributed by atoms with Crippen LogP contribution in [0, 0.1) is 0 Å². The van der Waals surface area contributed by atoms with Gasteiger partial charge >= 0.3 is 0 Å². The molecule has 0 saturated carbocycles. The molecule has 1 fully saturated rings. The summed E-state index contributed by atoms with van der Waals surface area (Å²) in [7, 11) is 0. The van der Waals surface area contributed by atoms with E-state index in [0.717, 1.165) is 18.5 Å². The van der Waals surface area contributed by atoms with E-state index in [4.69, 9.17) is 0 Å². The third kappa shape index (κ3) is 3.45. The summed E-state index contributed by atoms with van der Waals surface area (Å²) in [6.07, 6.45) is 3.15. The molecule has 1 aliphatic heterocycles. The number of hydrogen-bond donors (Lipinski definition) is 2. The van der Waals surface area contributed by atoms with E-state index in [1.54, 1.807) is 0 Å². The Morgan fingerprint density at radius 2 is 1.86 bits per heavy atom. The number of nitrogens with zero attached hydrogens (tertiary/aromatic N) is 1. The minimum atomic E-state index is -0.331. The number of quaternary nitrogens is 1. The normalized spacial score (nSPS) is 17.2. The Morgan fingerprint density at radius 3 is 2.61 bits per heavy atom. The lowest BCUT2D eigenvalue weighted by molar-refractivity contribution is -0.674. The number of anilines is 1. The molecule has 0 spiro atoms. The second kappa shape index (κ2) is 7.60. The Morgan fingerprint density at radius 1 is 1.11 bits per heavy atom. The Bertz CT molecular complexity index is 1000. The first kappa shape index (κ1) is 18.4. The molecule has 1 atom stereocenters. The molecule has 2 heterocycles. The van der Waals surface area contributed by atoms with Crippen LogP contribution in [-0.4, -0.2) is 29.4 Å². The molecular formula is C23H26N3O2+. The maximum Gasteiger partial charge on any atom is 0.292 e. The summed E-state index contributed by atoms with van der Waals surface area (Å²) >= 11 is 0. The number of carbonyl (C=O) groups is 2. The maximum atomic E-state index is 12.8. The van der Waals surface area contributed by atoms with Crippen molar-refractivity contribution in [3.8, 4) is 0 Å². The fraction of sp³-hybridized carbons (Fsp3) is 0.304. The molecule has 28 heavy (non-hydrogen) atoms. The van der Waals surface area contributed by atoms with Crippen molar-refractivity contribution >= 4 is 28.4 Å². The van der Waals surface area contributed by atoms with Gasteiger partial charge in [-0.25, -0.2) is 4.90 Å². The van der Waals surface area contributed by atoms with Gasteiger partial charge in [0.05, 0.1) is 18.7 Å². The molecule has 0 unspecified atom stereocenters. The first-order valence-corrected chi connectivity index (χ1v) is 9.89. The van der Waals surface area contributed by atoms with Crippen LogP contribution in [0.3, 0.4) is 0 Å². The van der Waals surface area contributed by atoms with Gasteiger partial charge in [0, 0.05) is 23.5 Å². The molecule has 0 radical (unpaired) electrons. The van der Waals surface area contributed by atoms with E-state index in [0.29, 0.717) is 11.6 Å². The first-order valence-electron chi connectivity index (χ1n) is 9.89. The van der Waals surface area contributed by atoms with Crippen LogP contribution in [0.4, 0.5) is 5.69 Å². The van der Waals surface area contributed by atoms with E-state index in [9.17, 15) is 9.59 Å². The number of hydrogen-bond acceptors (Lipinski definition) is 2. The number of rotatable bonds is 6. The molecule has 1 aromatic heterocycles. The largest absolute Gasteiger partial charge is 0.361 e. The zero-order valence-electron chi connectivity index (χ0n) is 16.3. The topological polar surface area (TPSA) is 69.8 Å². The SMILES string of the molecule is CC(C)c1ccc(N2C(=O)C[C@H]([NH2+]CCc3c[nH]c4ccccc34)C2=O)cc1. The van der Waals surface area contributed by atoms with Gasteiger partial charge in [-0.2, -0.15) is 0 Å². The van der Waals surface area contributed by atoms with E-state index < -0.39 is 0 Å². The van der Waals surface area contributed by atoms with Gasteiger partial charge in [0.2, 0.25) is 5.91 Å². The van der Waals surface area contributed by atoms with Gasteiger partial charge in [-0.3, -0.25) is 9.59 Å². The number of H-pyrrole nitrogens is 1. The lowest BCUT2D eigenvalue weighted by Crippen LogP contribution is -2.92. The van der Waals surface area contributed by atoms with E-state index in [2.05, 4.69) is 31.0 Å². The minimum Gasteiger partial charge on any atom is -0.361 e. The van der Waals surface area contributed by atoms with Crippen molar-refractivity contribution in [1.29, 1.82) is 0 Å². The predicted octanol–water partition coefficient (Wildman–Crippen LogP) is 2.73. The fourth-order valence-electron chi connectivity index (χ4n) is 3.90. The van der Waals surface area contributed by atoms with Crippen molar-refractivity contribution in [1.82, 2.24) is 4.98 Å². The van der Waals surface area contributed by atoms with E-state index >= 15 is 0 Å². The molecule has 2 aromatic carbocycles. The van der Waals surface area contributed by atoms with Gasteiger partial charge in [0.25, 0.3) is 5.91 Å². The van der Waals surface area contributed by atoms with Gasteiger partial charge in [0.15, 0.2) is 6.04 Å². The van der Waals surface area contributed by atoms with Crippen LogP contribution in [0.25, 0.3) is 10.9 Å². The zero-order chi connectivity index (χ0) is 19.7. The van der Waals surface area contributed by atoms with Gasteiger partial charge in [-0.1, -0.05) is 44.2 Å². The molecule has 3 aromatic rings. The Labute approximate surface area is 164 Å². The Hall–Kier alpha value is -2.92. The van der Waals surface area contributed by atoms with Crippen LogP contribution < -0.4 is 10.2 Å². The summed E-state index contributed by atoms with van der Waals surface area (Å²) < 4.78 is 0. The van der Waals surface area contributed by atoms with Gasteiger partial charge in [-0.15, -0.1) is 0 Å². The number of aromatic amines is 1. The number of imide groups is 1. The molecule has 3 N–H and O–H groups in total. The number of amides is 2. The van der Waals surface area contributed by atoms with E-state index in [1.807, 2.05) is 47.9 Å². The number of nitrogens with two attached hydrogens (primary N) is 1. The third-order valence-corrected chi connectivity index (χ3v) is 5.54. The fourth-order valence-corrected chi connectivity index (χ4v) is 3.90. The van der Waals surface area contributed by atoms with Crippen LogP contribution in [0.15, 0.2) is 54.7 Å². The average Bonchev–Trinajstić information content (AvgIpc) is 3.23. The second-order valence-electron chi connectivity index (χ2n) is 7.76. The monoisotopic (exact) mass is 376 g/mol. The highest BCUT2D eigenvalue weighted by molar-refractivity contribution is 6.21. The lowest BCUT2D eigenvalue weighted by atomic mass is 10.0. The number of nitrogens with one attached hydrogen (secondary N) is 1. The molecule has 1 aliphatic rings. The Balaban J connectivity index is 1.40. The van der Waals surface area contributed by atoms with Crippen molar-refractivity contribution < 1.29 is 14.9 Å². The number of fused-ring (bicyclic) bond motifs is 1. The molecule has 0 bridgehead atoms. The van der Waals surface area contributed by atoms with E-state index in [1.165, 1.54) is 21.4 Å². The summed E-state index contributed by atoms with van der Waals surface area (Å²) in [6.45, 7) is 5.02. The van der Waals surface area contributed by atoms with Crippen molar-refractivity contribution in [3.63, 3.8) is 0 Å². The zero-order valence-corrected chi connectivity index (χ0v) is 16.3. The van der Waals surface area contributed by atoms with Gasteiger partial charge in [-0.05, 0) is 35.2 Å². The van der Waals surface area contributed by atoms with Crippen LogP contribution in [0.2, 0.25) is 0 Å². The minimum absolute atomic E-state index is 0.110. The van der Waals surface area contributed by atoms with Gasteiger partial charge in [0.1, 0.15) is 0 Å². The third-order valence-electron chi connectivity index (χ3n) is 5.54. The number of para-hydroxylation sites is 1. The van der Waals surface area contributed by atoms with Gasteiger partial charge < -0.3 is 10.3 Å². The highest BCUT2D eigenvalue weighted by Gasteiger charge is 2.42. The summed E-state index contributed by atoms with van der Waals surface area (Å²) in [5, 5.41) is 3.22. The highest BCUT2D eigenvalue weighted by Crippen LogP contribution is 2.24. The molecule has 1 saturated heterocycles. The molecule has 144 valence electrons. The van der Waals surface area contributed by atoms with Crippen LogP contribution in [0.1, 0.15) is 37.3 Å². The number of benzene rings is 2. The summed E-state index contributed by atoms with van der Waals surface area (Å²) in [4.78, 5) is 29.9. The summed E-state index contributed by atoms with van der Waals surface area (Å²) in [6, 6.07) is 15.6. The number of carbonyl (C=O) groups excluding carboxylic acids is 2. The second-order valence-corrected chi connectivity index (χ2v) is 7.76. The number of aromatic nitrogens is 1. The molecule has 2 amide bonds. The lowest BCUT2D eigenvalue weighted by Gasteiger charge is -2.15. The Kier molecular flexibility index (Phi) is 5.01. The standard InChI is InChI=1S/C23H25N3O2/c1-15(2)16-7-9-18(10-8-16)26-22(27)13-21(23(26)28)24-12-11-17-14-25-20-6-4-3-5-19(17)20/h3-10,14-15,21,24-25H,11-13H2,1-2H3/p+1/t21-/m0/s1. The predicted molar refractivity (Wildman–Crippen MR) is 110 cm³/mol. The van der Waals surface area contributed by atoms with Crippen molar-refractivity contribution in [2.75, 3.05) is 11.4 Å². The molecular weight excluding hydrogens is 350 g/mol. The molecule has 5 nitrogen and oxygen atoms in total. The first-order chi connectivity index (χ1) is 13.5. The van der Waals surface area contributed by atoms with Crippen LogP contribution >= 0.6 is 0 Å². The van der Waals surface area contributed by atoms with Crippen molar-refractivity contribution in [2.45, 2.75) is 38.6 Å². The highest BCUT2D eigenvalue weighted by atomic mass is 16.2. The van der Waals surface area contributed by atoms with Crippen LogP contribution in [-0.2, 0) is 16.0 Å². The molecule has 5 heteroatoms. The summed E-state index contributed by atoms with van der Waals surface area (Å²) in [5.41, 5.74) is 4.24. The average molecular weight is 376 g/mol. The van der Waals surface area contributed by atoms with Crippen molar-refractivity contribution in [3.05, 3.63) is 65.9 Å². The molecule has 4 rings (SSSR count). The van der Waals surface area contributed by atoms with Crippen molar-refractivity contribution in [2.24, 2.45) is 0 Å². The van der Waals surface area contributed by atoms with Crippen LogP contribution in [0.5, 0.6) is 0 Å².